The van der Waals surface area contributed by atoms with Gasteiger partial charge in [-0.05, 0) is 37.3 Å². The Bertz CT molecular complexity index is 1000. The summed E-state index contributed by atoms with van der Waals surface area (Å²) >= 11 is 6.37. The number of hydrogen-bond donors (Lipinski definition) is 1. The van der Waals surface area contributed by atoms with Gasteiger partial charge < -0.3 is 9.84 Å². The Hall–Kier alpha value is -2.34. The first kappa shape index (κ1) is 21.9. The topological polar surface area (TPSA) is 50.5 Å². The molecule has 6 heteroatoms. The first-order valence-corrected chi connectivity index (χ1v) is 11.4. The van der Waals surface area contributed by atoms with E-state index in [1.807, 2.05) is 56.4 Å². The lowest BCUT2D eigenvalue weighted by Crippen LogP contribution is -2.33. The van der Waals surface area contributed by atoms with Crippen molar-refractivity contribution < 1.29 is 9.84 Å². The van der Waals surface area contributed by atoms with Gasteiger partial charge >= 0.3 is 0 Å². The molecule has 0 bridgehead atoms. The lowest BCUT2D eigenvalue weighted by molar-refractivity contribution is 0.102. The van der Waals surface area contributed by atoms with Crippen LogP contribution < -0.4 is 4.74 Å². The molecule has 1 N–H and O–H groups in total. The van der Waals surface area contributed by atoms with Crippen LogP contribution in [0.5, 0.6) is 11.6 Å². The first-order valence-electron chi connectivity index (χ1n) is 11.0. The molecule has 0 spiro atoms. The molecule has 1 heterocycles. The second-order valence-corrected chi connectivity index (χ2v) is 8.76. The molecule has 3 aromatic rings. The fourth-order valence-electron chi connectivity index (χ4n) is 3.80. The van der Waals surface area contributed by atoms with E-state index in [0.717, 1.165) is 29.8 Å². The Kier molecular flexibility index (Phi) is 6.96. The molecular weight excluding hydrogens is 410 g/mol. The van der Waals surface area contributed by atoms with Gasteiger partial charge in [-0.15, -0.1) is 0 Å². The van der Waals surface area contributed by atoms with E-state index in [-0.39, 0.29) is 6.10 Å². The smallest absolute Gasteiger partial charge is 0.222 e. The van der Waals surface area contributed by atoms with Crippen LogP contribution in [0.1, 0.15) is 31.7 Å². The maximum atomic E-state index is 10.4. The number of nitrogens with zero attached hydrogens (tertiary/aromatic N) is 3. The number of aliphatic hydroxyl groups excluding tert-OH is 1. The number of aromatic nitrogens is 2. The third-order valence-corrected chi connectivity index (χ3v) is 6.03. The van der Waals surface area contributed by atoms with Crippen molar-refractivity contribution in [3.8, 4) is 22.9 Å². The van der Waals surface area contributed by atoms with Gasteiger partial charge in [0.15, 0.2) is 0 Å². The minimum atomic E-state index is -0.344. The maximum absolute atomic E-state index is 10.4. The van der Waals surface area contributed by atoms with Crippen molar-refractivity contribution in [3.05, 3.63) is 65.2 Å². The van der Waals surface area contributed by atoms with Crippen LogP contribution in [0.2, 0.25) is 5.02 Å². The number of aliphatic hydroxyl groups is 1. The minimum absolute atomic E-state index is 0.344. The fourth-order valence-corrected chi connectivity index (χ4v) is 3.98. The summed E-state index contributed by atoms with van der Waals surface area (Å²) in [5, 5.41) is 15.7. The highest BCUT2D eigenvalue weighted by Gasteiger charge is 2.28. The lowest BCUT2D eigenvalue weighted by atomic mass is 10.1. The van der Waals surface area contributed by atoms with E-state index in [1.165, 1.54) is 12.8 Å². The van der Waals surface area contributed by atoms with Crippen molar-refractivity contribution in [3.63, 3.8) is 0 Å². The van der Waals surface area contributed by atoms with Gasteiger partial charge in [-0.2, -0.15) is 5.10 Å². The van der Waals surface area contributed by atoms with Gasteiger partial charge in [-0.25, -0.2) is 4.68 Å². The number of hydrogen-bond acceptors (Lipinski definition) is 4. The van der Waals surface area contributed by atoms with Crippen molar-refractivity contribution in [1.29, 1.82) is 0 Å². The second-order valence-electron chi connectivity index (χ2n) is 8.35. The standard InChI is InChI=1S/C25H30ClN3O2/c1-3-20(30)16-29(15-18-13-14-18)17-21-24(19-9-5-4-6-10-19)27-28(2)25(21)31-23-12-8-7-11-22(23)26/h4-12,18,20,30H,3,13-17H2,1-2H3/t20-/m0/s1. The van der Waals surface area contributed by atoms with E-state index in [1.54, 1.807) is 4.68 Å². The Morgan fingerprint density at radius 2 is 1.87 bits per heavy atom. The lowest BCUT2D eigenvalue weighted by Gasteiger charge is -2.25. The minimum Gasteiger partial charge on any atom is -0.437 e. The molecule has 0 unspecified atom stereocenters. The maximum Gasteiger partial charge on any atom is 0.222 e. The molecule has 0 aliphatic heterocycles. The predicted octanol–water partition coefficient (Wildman–Crippen LogP) is 5.52. The van der Waals surface area contributed by atoms with E-state index >= 15 is 0 Å². The average Bonchev–Trinajstić information content (AvgIpc) is 3.54. The number of ether oxygens (including phenoxy) is 1. The van der Waals surface area contributed by atoms with E-state index in [9.17, 15) is 5.11 Å². The summed E-state index contributed by atoms with van der Waals surface area (Å²) in [6, 6.07) is 17.7. The van der Waals surface area contributed by atoms with Crippen LogP contribution >= 0.6 is 11.6 Å². The Morgan fingerprint density at radius 3 is 2.55 bits per heavy atom. The Morgan fingerprint density at radius 1 is 1.16 bits per heavy atom. The van der Waals surface area contributed by atoms with Crippen molar-refractivity contribution in [2.75, 3.05) is 13.1 Å². The van der Waals surface area contributed by atoms with Crippen LogP contribution in [-0.2, 0) is 13.6 Å². The van der Waals surface area contributed by atoms with Gasteiger partial charge in [0.25, 0.3) is 0 Å². The number of aryl methyl sites for hydroxylation is 1. The Labute approximate surface area is 189 Å². The molecular formula is C25H30ClN3O2. The van der Waals surface area contributed by atoms with Crippen LogP contribution in [0.3, 0.4) is 0 Å². The fraction of sp³-hybridized carbons (Fsp3) is 0.400. The van der Waals surface area contributed by atoms with E-state index in [0.29, 0.717) is 35.7 Å². The summed E-state index contributed by atoms with van der Waals surface area (Å²) in [6.45, 7) is 4.30. The zero-order valence-electron chi connectivity index (χ0n) is 18.2. The summed E-state index contributed by atoms with van der Waals surface area (Å²) in [4.78, 5) is 2.34. The van der Waals surface area contributed by atoms with E-state index in [4.69, 9.17) is 21.4 Å². The summed E-state index contributed by atoms with van der Waals surface area (Å²) in [6.07, 6.45) is 2.92. The molecule has 1 fully saturated rings. The largest absolute Gasteiger partial charge is 0.437 e. The molecule has 1 atom stereocenters. The molecule has 1 saturated carbocycles. The SMILES string of the molecule is CC[C@H](O)CN(Cc1c(-c2ccccc2)nn(C)c1Oc1ccccc1Cl)CC1CC1. The Balaban J connectivity index is 1.72. The summed E-state index contributed by atoms with van der Waals surface area (Å²) < 4.78 is 8.09. The van der Waals surface area contributed by atoms with Crippen molar-refractivity contribution in [2.45, 2.75) is 38.8 Å². The van der Waals surface area contributed by atoms with Gasteiger partial charge in [-0.3, -0.25) is 4.90 Å². The number of benzene rings is 2. The van der Waals surface area contributed by atoms with Crippen LogP contribution in [0.15, 0.2) is 54.6 Å². The van der Waals surface area contributed by atoms with Crippen LogP contribution in [-0.4, -0.2) is 39.0 Å². The van der Waals surface area contributed by atoms with Gasteiger partial charge in [0, 0.05) is 32.2 Å². The molecule has 1 aliphatic carbocycles. The normalized spacial score (nSPS) is 14.7. The second kappa shape index (κ2) is 9.86. The number of rotatable bonds is 10. The molecule has 0 saturated heterocycles. The van der Waals surface area contributed by atoms with Crippen molar-refractivity contribution in [1.82, 2.24) is 14.7 Å². The first-order chi connectivity index (χ1) is 15.0. The highest BCUT2D eigenvalue weighted by Crippen LogP contribution is 2.37. The summed E-state index contributed by atoms with van der Waals surface area (Å²) in [5.41, 5.74) is 2.96. The zero-order valence-corrected chi connectivity index (χ0v) is 18.9. The molecule has 5 nitrogen and oxygen atoms in total. The molecule has 2 aromatic carbocycles. The van der Waals surface area contributed by atoms with Gasteiger partial charge in [0.2, 0.25) is 5.88 Å². The van der Waals surface area contributed by atoms with E-state index in [2.05, 4.69) is 17.0 Å². The highest BCUT2D eigenvalue weighted by atomic mass is 35.5. The molecule has 164 valence electrons. The quantitative estimate of drug-likeness (QED) is 0.452. The number of para-hydroxylation sites is 1. The third kappa shape index (κ3) is 5.48. The third-order valence-electron chi connectivity index (χ3n) is 5.71. The van der Waals surface area contributed by atoms with Crippen LogP contribution in [0.25, 0.3) is 11.3 Å². The van der Waals surface area contributed by atoms with Crippen molar-refractivity contribution >= 4 is 11.6 Å². The van der Waals surface area contributed by atoms with Crippen LogP contribution in [0, 0.1) is 5.92 Å². The van der Waals surface area contributed by atoms with Gasteiger partial charge in [-0.1, -0.05) is 61.0 Å². The molecule has 0 radical (unpaired) electrons. The molecule has 4 rings (SSSR count). The monoisotopic (exact) mass is 439 g/mol. The summed E-state index contributed by atoms with van der Waals surface area (Å²) in [7, 11) is 1.90. The predicted molar refractivity (Wildman–Crippen MR) is 124 cm³/mol. The molecule has 1 aromatic heterocycles. The average molecular weight is 440 g/mol. The van der Waals surface area contributed by atoms with Crippen molar-refractivity contribution in [2.24, 2.45) is 13.0 Å². The molecule has 0 amide bonds. The number of halogens is 1. The van der Waals surface area contributed by atoms with E-state index < -0.39 is 0 Å². The van der Waals surface area contributed by atoms with Crippen LogP contribution in [0.4, 0.5) is 0 Å². The summed E-state index contributed by atoms with van der Waals surface area (Å²) in [5.74, 6) is 2.00. The molecule has 1 aliphatic rings. The van der Waals surface area contributed by atoms with Gasteiger partial charge in [0.05, 0.1) is 16.7 Å². The molecule has 31 heavy (non-hydrogen) atoms. The highest BCUT2D eigenvalue weighted by molar-refractivity contribution is 6.32. The van der Waals surface area contributed by atoms with Gasteiger partial charge in [0.1, 0.15) is 11.4 Å². The zero-order chi connectivity index (χ0) is 21.8.